The molecule has 2 aromatic rings. The zero-order valence-corrected chi connectivity index (χ0v) is 9.40. The first-order valence-electron chi connectivity index (χ1n) is 5.41. The predicted molar refractivity (Wildman–Crippen MR) is 65.7 cm³/mol. The number of halogens is 1. The maximum atomic E-state index is 13.1. The Morgan fingerprint density at radius 1 is 0.941 bits per heavy atom. The molecule has 17 heavy (non-hydrogen) atoms. The van der Waals surface area contributed by atoms with Crippen LogP contribution >= 0.6 is 0 Å². The van der Waals surface area contributed by atoms with Crippen molar-refractivity contribution in [1.29, 1.82) is 0 Å². The molecule has 0 aliphatic heterocycles. The van der Waals surface area contributed by atoms with E-state index >= 15 is 0 Å². The van der Waals surface area contributed by atoms with Crippen molar-refractivity contribution in [3.8, 4) is 0 Å². The SMILES string of the molecule is Nc1ccc(COCc2ccccc2)cc1F. The Morgan fingerprint density at radius 2 is 1.65 bits per heavy atom. The Labute approximate surface area is 99.8 Å². The fraction of sp³-hybridized carbons (Fsp3) is 0.143. The van der Waals surface area contributed by atoms with Crippen molar-refractivity contribution in [3.63, 3.8) is 0 Å². The minimum Gasteiger partial charge on any atom is -0.396 e. The zero-order valence-electron chi connectivity index (χ0n) is 9.40. The van der Waals surface area contributed by atoms with E-state index in [0.717, 1.165) is 11.1 Å². The lowest BCUT2D eigenvalue weighted by molar-refractivity contribution is 0.107. The molecular formula is C14H14FNO. The third kappa shape index (κ3) is 3.29. The number of hydrogen-bond acceptors (Lipinski definition) is 2. The molecule has 0 aromatic heterocycles. The molecule has 3 heteroatoms. The number of hydrogen-bond donors (Lipinski definition) is 1. The highest BCUT2D eigenvalue weighted by atomic mass is 19.1. The van der Waals surface area contributed by atoms with Crippen molar-refractivity contribution in [3.05, 3.63) is 65.5 Å². The highest BCUT2D eigenvalue weighted by Gasteiger charge is 2.00. The number of ether oxygens (including phenoxy) is 1. The minimum absolute atomic E-state index is 0.164. The van der Waals surface area contributed by atoms with Crippen LogP contribution in [0.25, 0.3) is 0 Å². The molecule has 0 heterocycles. The molecule has 0 bridgehead atoms. The molecule has 2 rings (SSSR count). The summed E-state index contributed by atoms with van der Waals surface area (Å²) in [6.45, 7) is 0.902. The molecule has 0 aliphatic rings. The van der Waals surface area contributed by atoms with Crippen LogP contribution in [0.1, 0.15) is 11.1 Å². The Kier molecular flexibility index (Phi) is 3.73. The smallest absolute Gasteiger partial charge is 0.146 e. The highest BCUT2D eigenvalue weighted by Crippen LogP contribution is 2.13. The van der Waals surface area contributed by atoms with Crippen LogP contribution in [-0.4, -0.2) is 0 Å². The van der Waals surface area contributed by atoms with Crippen molar-refractivity contribution in [2.45, 2.75) is 13.2 Å². The van der Waals surface area contributed by atoms with Crippen molar-refractivity contribution in [2.24, 2.45) is 0 Å². The summed E-state index contributed by atoms with van der Waals surface area (Å²) in [7, 11) is 0. The lowest BCUT2D eigenvalue weighted by atomic mass is 10.2. The fourth-order valence-corrected chi connectivity index (χ4v) is 1.52. The number of benzene rings is 2. The van der Waals surface area contributed by atoms with E-state index in [4.69, 9.17) is 10.5 Å². The van der Waals surface area contributed by atoms with Gasteiger partial charge in [-0.15, -0.1) is 0 Å². The van der Waals surface area contributed by atoms with Gasteiger partial charge in [0.1, 0.15) is 5.82 Å². The van der Waals surface area contributed by atoms with Crippen LogP contribution < -0.4 is 5.73 Å². The van der Waals surface area contributed by atoms with Gasteiger partial charge in [0.25, 0.3) is 0 Å². The highest BCUT2D eigenvalue weighted by molar-refractivity contribution is 5.41. The van der Waals surface area contributed by atoms with E-state index in [1.54, 1.807) is 12.1 Å². The van der Waals surface area contributed by atoms with Crippen LogP contribution in [0.4, 0.5) is 10.1 Å². The first kappa shape index (κ1) is 11.6. The molecular weight excluding hydrogens is 217 g/mol. The van der Waals surface area contributed by atoms with E-state index < -0.39 is 5.82 Å². The number of rotatable bonds is 4. The topological polar surface area (TPSA) is 35.2 Å². The Morgan fingerprint density at radius 3 is 2.35 bits per heavy atom. The summed E-state index contributed by atoms with van der Waals surface area (Å²) in [6.07, 6.45) is 0. The van der Waals surface area contributed by atoms with E-state index in [2.05, 4.69) is 0 Å². The van der Waals surface area contributed by atoms with Crippen molar-refractivity contribution < 1.29 is 9.13 Å². The molecule has 2 nitrogen and oxygen atoms in total. The van der Waals surface area contributed by atoms with Gasteiger partial charge < -0.3 is 10.5 Å². The predicted octanol–water partition coefficient (Wildman–Crippen LogP) is 3.12. The first-order valence-corrected chi connectivity index (χ1v) is 5.41. The van der Waals surface area contributed by atoms with E-state index in [9.17, 15) is 4.39 Å². The van der Waals surface area contributed by atoms with E-state index in [0.29, 0.717) is 13.2 Å². The summed E-state index contributed by atoms with van der Waals surface area (Å²) in [5, 5.41) is 0. The van der Waals surface area contributed by atoms with Crippen molar-refractivity contribution in [2.75, 3.05) is 5.73 Å². The van der Waals surface area contributed by atoms with Gasteiger partial charge in [0.05, 0.1) is 18.9 Å². The van der Waals surface area contributed by atoms with Crippen LogP contribution in [0, 0.1) is 5.82 Å². The first-order chi connectivity index (χ1) is 8.25. The van der Waals surface area contributed by atoms with Gasteiger partial charge in [0.15, 0.2) is 0 Å². The molecule has 0 spiro atoms. The second-order valence-electron chi connectivity index (χ2n) is 3.83. The fourth-order valence-electron chi connectivity index (χ4n) is 1.52. The number of nitrogen functional groups attached to an aromatic ring is 1. The van der Waals surface area contributed by atoms with Gasteiger partial charge in [-0.3, -0.25) is 0 Å². The lowest BCUT2D eigenvalue weighted by Gasteiger charge is -2.05. The normalized spacial score (nSPS) is 10.4. The average molecular weight is 231 g/mol. The van der Waals surface area contributed by atoms with E-state index in [-0.39, 0.29) is 5.69 Å². The second kappa shape index (κ2) is 5.46. The van der Waals surface area contributed by atoms with Crippen LogP contribution in [0.15, 0.2) is 48.5 Å². The van der Waals surface area contributed by atoms with Crippen LogP contribution in [-0.2, 0) is 18.0 Å². The molecule has 88 valence electrons. The lowest BCUT2D eigenvalue weighted by Crippen LogP contribution is -1.96. The van der Waals surface area contributed by atoms with Crippen molar-refractivity contribution >= 4 is 5.69 Å². The van der Waals surface area contributed by atoms with E-state index in [1.165, 1.54) is 6.07 Å². The molecule has 0 radical (unpaired) electrons. The Bertz CT molecular complexity index is 485. The minimum atomic E-state index is -0.397. The van der Waals surface area contributed by atoms with Crippen LogP contribution in [0.5, 0.6) is 0 Å². The maximum Gasteiger partial charge on any atom is 0.146 e. The summed E-state index contributed by atoms with van der Waals surface area (Å²) in [6, 6.07) is 14.6. The average Bonchev–Trinajstić information content (AvgIpc) is 2.35. The number of nitrogens with two attached hydrogens (primary N) is 1. The standard InChI is InChI=1S/C14H14FNO/c15-13-8-12(6-7-14(13)16)10-17-9-11-4-2-1-3-5-11/h1-8H,9-10,16H2. The maximum absolute atomic E-state index is 13.1. The number of anilines is 1. The Balaban J connectivity index is 1.88. The van der Waals surface area contributed by atoms with Gasteiger partial charge in [0, 0.05) is 0 Å². The molecule has 0 amide bonds. The van der Waals surface area contributed by atoms with Crippen LogP contribution in [0.3, 0.4) is 0 Å². The van der Waals surface area contributed by atoms with Crippen LogP contribution in [0.2, 0.25) is 0 Å². The Hall–Kier alpha value is -1.87. The van der Waals surface area contributed by atoms with Gasteiger partial charge in [-0.05, 0) is 23.3 Å². The summed E-state index contributed by atoms with van der Waals surface area (Å²) in [5.41, 5.74) is 7.44. The van der Waals surface area contributed by atoms with Gasteiger partial charge in [-0.2, -0.15) is 0 Å². The quantitative estimate of drug-likeness (QED) is 0.820. The van der Waals surface area contributed by atoms with Gasteiger partial charge in [0.2, 0.25) is 0 Å². The zero-order chi connectivity index (χ0) is 12.1. The van der Waals surface area contributed by atoms with E-state index in [1.807, 2.05) is 30.3 Å². The molecule has 0 unspecified atom stereocenters. The third-order valence-electron chi connectivity index (χ3n) is 2.45. The summed E-state index contributed by atoms with van der Waals surface area (Å²) in [4.78, 5) is 0. The third-order valence-corrected chi connectivity index (χ3v) is 2.45. The molecule has 0 fully saturated rings. The largest absolute Gasteiger partial charge is 0.396 e. The summed E-state index contributed by atoms with van der Waals surface area (Å²) in [5.74, 6) is -0.397. The summed E-state index contributed by atoms with van der Waals surface area (Å²) >= 11 is 0. The molecule has 2 aromatic carbocycles. The second-order valence-corrected chi connectivity index (χ2v) is 3.83. The monoisotopic (exact) mass is 231 g/mol. The molecule has 0 saturated carbocycles. The van der Waals surface area contributed by atoms with Gasteiger partial charge in [-0.1, -0.05) is 36.4 Å². The molecule has 2 N–H and O–H groups in total. The molecule has 0 atom stereocenters. The van der Waals surface area contributed by atoms with Gasteiger partial charge in [-0.25, -0.2) is 4.39 Å². The van der Waals surface area contributed by atoms with Gasteiger partial charge >= 0.3 is 0 Å². The summed E-state index contributed by atoms with van der Waals surface area (Å²) < 4.78 is 18.6. The van der Waals surface area contributed by atoms with Crippen molar-refractivity contribution in [1.82, 2.24) is 0 Å². The molecule has 0 saturated heterocycles. The molecule has 0 aliphatic carbocycles.